The number of hydrogen-bond acceptors (Lipinski definition) is 7. The SMILES string of the molecule is CCOC(=O)C1=C(C)CSC(c2ccc(=O)oc2O)=N1. The van der Waals surface area contributed by atoms with E-state index in [0.29, 0.717) is 10.8 Å². The fourth-order valence-corrected chi connectivity index (χ4v) is 2.56. The summed E-state index contributed by atoms with van der Waals surface area (Å²) in [5.74, 6) is -0.461. The van der Waals surface area contributed by atoms with E-state index in [9.17, 15) is 14.7 Å². The van der Waals surface area contributed by atoms with Gasteiger partial charge in [0.1, 0.15) is 10.7 Å². The molecule has 0 aliphatic carbocycles. The summed E-state index contributed by atoms with van der Waals surface area (Å²) >= 11 is 1.35. The third-order valence-electron chi connectivity index (χ3n) is 2.56. The van der Waals surface area contributed by atoms with E-state index in [-0.39, 0.29) is 17.9 Å². The first kappa shape index (κ1) is 14.4. The van der Waals surface area contributed by atoms with Crippen molar-refractivity contribution < 1.29 is 19.1 Å². The van der Waals surface area contributed by atoms with E-state index in [4.69, 9.17) is 4.74 Å². The zero-order chi connectivity index (χ0) is 14.7. The van der Waals surface area contributed by atoms with Crippen LogP contribution in [0, 0.1) is 0 Å². The van der Waals surface area contributed by atoms with Crippen LogP contribution in [-0.4, -0.2) is 28.5 Å². The minimum atomic E-state index is -0.648. The van der Waals surface area contributed by atoms with Gasteiger partial charge < -0.3 is 14.3 Å². The molecule has 0 bridgehead atoms. The third-order valence-corrected chi connectivity index (χ3v) is 3.72. The van der Waals surface area contributed by atoms with Crippen LogP contribution in [0.4, 0.5) is 0 Å². The number of carbonyl (C=O) groups excluding carboxylic acids is 1. The van der Waals surface area contributed by atoms with Gasteiger partial charge >= 0.3 is 11.6 Å². The topological polar surface area (TPSA) is 89.1 Å². The minimum absolute atomic E-state index is 0.228. The number of nitrogens with zero attached hydrogens (tertiary/aromatic N) is 1. The maximum atomic E-state index is 11.8. The van der Waals surface area contributed by atoms with Gasteiger partial charge in [0.2, 0.25) is 0 Å². The molecule has 0 aromatic carbocycles. The molecule has 1 N–H and O–H groups in total. The van der Waals surface area contributed by atoms with Crippen LogP contribution < -0.4 is 5.63 Å². The first-order valence-electron chi connectivity index (χ1n) is 5.94. The maximum Gasteiger partial charge on any atom is 0.356 e. The lowest BCUT2D eigenvalue weighted by Gasteiger charge is -2.15. The molecule has 0 spiro atoms. The van der Waals surface area contributed by atoms with Crippen LogP contribution in [-0.2, 0) is 9.53 Å². The van der Waals surface area contributed by atoms with Crippen molar-refractivity contribution in [2.24, 2.45) is 4.99 Å². The average molecular weight is 295 g/mol. The van der Waals surface area contributed by atoms with Gasteiger partial charge in [-0.05, 0) is 25.5 Å². The number of aliphatic imine (C=N–C) groups is 1. The molecule has 0 radical (unpaired) electrons. The molecule has 7 heteroatoms. The van der Waals surface area contributed by atoms with Crippen molar-refractivity contribution in [3.63, 3.8) is 0 Å². The van der Waals surface area contributed by atoms with Crippen LogP contribution in [0.5, 0.6) is 5.95 Å². The number of ether oxygens (including phenoxy) is 1. The van der Waals surface area contributed by atoms with Crippen LogP contribution in [0.1, 0.15) is 19.4 Å². The van der Waals surface area contributed by atoms with Gasteiger partial charge in [0, 0.05) is 11.8 Å². The number of thioether (sulfide) groups is 1. The van der Waals surface area contributed by atoms with E-state index in [2.05, 4.69) is 9.41 Å². The molecular formula is C13H13NO5S. The van der Waals surface area contributed by atoms with Crippen LogP contribution in [0.25, 0.3) is 0 Å². The zero-order valence-corrected chi connectivity index (χ0v) is 11.8. The Hall–Kier alpha value is -2.02. The van der Waals surface area contributed by atoms with Crippen molar-refractivity contribution in [3.05, 3.63) is 39.4 Å². The van der Waals surface area contributed by atoms with Gasteiger partial charge in [-0.3, -0.25) is 0 Å². The van der Waals surface area contributed by atoms with Gasteiger partial charge in [0.05, 0.1) is 12.2 Å². The largest absolute Gasteiger partial charge is 0.480 e. The van der Waals surface area contributed by atoms with E-state index < -0.39 is 17.5 Å². The molecule has 1 aliphatic heterocycles. The van der Waals surface area contributed by atoms with Crippen molar-refractivity contribution >= 4 is 22.8 Å². The van der Waals surface area contributed by atoms with Crippen molar-refractivity contribution in [2.75, 3.05) is 12.4 Å². The standard InChI is InChI=1S/C13H13NO5S/c1-3-18-13(17)10-7(2)6-20-11(14-10)8-4-5-9(15)19-12(8)16/h4-5,16H,3,6H2,1-2H3. The number of hydrogen-bond donors (Lipinski definition) is 1. The lowest BCUT2D eigenvalue weighted by atomic mass is 10.2. The van der Waals surface area contributed by atoms with Gasteiger partial charge in [-0.2, -0.15) is 0 Å². The first-order chi connectivity index (χ1) is 9.52. The Balaban J connectivity index is 2.41. The molecule has 106 valence electrons. The predicted molar refractivity (Wildman–Crippen MR) is 75.0 cm³/mol. The highest BCUT2D eigenvalue weighted by Crippen LogP contribution is 2.29. The highest BCUT2D eigenvalue weighted by atomic mass is 32.2. The van der Waals surface area contributed by atoms with Gasteiger partial charge in [0.25, 0.3) is 5.95 Å². The fraction of sp³-hybridized carbons (Fsp3) is 0.308. The number of aromatic hydroxyl groups is 1. The van der Waals surface area contributed by atoms with Gasteiger partial charge in [-0.1, -0.05) is 0 Å². The quantitative estimate of drug-likeness (QED) is 0.853. The Bertz CT molecular complexity index is 659. The Kier molecular flexibility index (Phi) is 4.29. The Morgan fingerprint density at radius 1 is 1.55 bits per heavy atom. The number of carbonyl (C=O) groups is 1. The molecule has 20 heavy (non-hydrogen) atoms. The Labute approximate surface area is 119 Å². The summed E-state index contributed by atoms with van der Waals surface area (Å²) in [5.41, 5.74) is 0.661. The molecule has 1 aromatic rings. The molecule has 1 aliphatic rings. The zero-order valence-electron chi connectivity index (χ0n) is 11.0. The second kappa shape index (κ2) is 5.96. The summed E-state index contributed by atoms with van der Waals surface area (Å²) in [4.78, 5) is 27.0. The summed E-state index contributed by atoms with van der Waals surface area (Å²) in [5, 5.41) is 10.1. The van der Waals surface area contributed by atoms with E-state index in [0.717, 1.165) is 5.57 Å². The molecule has 0 unspecified atom stereocenters. The molecule has 2 rings (SSSR count). The van der Waals surface area contributed by atoms with E-state index >= 15 is 0 Å². The molecule has 6 nitrogen and oxygen atoms in total. The Morgan fingerprint density at radius 3 is 2.95 bits per heavy atom. The summed E-state index contributed by atoms with van der Waals surface area (Å²) in [6, 6.07) is 2.60. The van der Waals surface area contributed by atoms with E-state index in [1.165, 1.54) is 23.9 Å². The predicted octanol–water partition coefficient (Wildman–Crippen LogP) is 1.68. The normalized spacial score (nSPS) is 15.0. The van der Waals surface area contributed by atoms with Crippen molar-refractivity contribution in [1.29, 1.82) is 0 Å². The first-order valence-corrected chi connectivity index (χ1v) is 6.93. The highest BCUT2D eigenvalue weighted by molar-refractivity contribution is 8.14. The van der Waals surface area contributed by atoms with E-state index in [1.807, 2.05) is 0 Å². The molecule has 0 saturated carbocycles. The van der Waals surface area contributed by atoms with Gasteiger partial charge in [0.15, 0.2) is 0 Å². The van der Waals surface area contributed by atoms with Crippen molar-refractivity contribution in [3.8, 4) is 5.95 Å². The van der Waals surface area contributed by atoms with E-state index in [1.54, 1.807) is 13.8 Å². The van der Waals surface area contributed by atoms with Crippen LogP contribution in [0.3, 0.4) is 0 Å². The fourth-order valence-electron chi connectivity index (χ4n) is 1.60. The second-order valence-electron chi connectivity index (χ2n) is 4.03. The molecule has 0 fully saturated rings. The molecular weight excluding hydrogens is 282 g/mol. The van der Waals surface area contributed by atoms with Crippen LogP contribution in [0.15, 0.2) is 37.6 Å². The summed E-state index contributed by atoms with van der Waals surface area (Å²) < 4.78 is 9.54. The number of rotatable bonds is 3. The number of esters is 1. The van der Waals surface area contributed by atoms with Crippen molar-refractivity contribution in [2.45, 2.75) is 13.8 Å². The Morgan fingerprint density at radius 2 is 2.30 bits per heavy atom. The van der Waals surface area contributed by atoms with Gasteiger partial charge in [-0.15, -0.1) is 11.8 Å². The molecule has 0 atom stereocenters. The lowest BCUT2D eigenvalue weighted by Crippen LogP contribution is -2.15. The van der Waals surface area contributed by atoms with Gasteiger partial charge in [-0.25, -0.2) is 14.6 Å². The minimum Gasteiger partial charge on any atom is -0.480 e. The second-order valence-corrected chi connectivity index (χ2v) is 4.99. The smallest absolute Gasteiger partial charge is 0.356 e. The average Bonchev–Trinajstić information content (AvgIpc) is 2.40. The summed E-state index contributed by atoms with van der Waals surface area (Å²) in [6.45, 7) is 3.78. The monoisotopic (exact) mass is 295 g/mol. The highest BCUT2D eigenvalue weighted by Gasteiger charge is 2.23. The summed E-state index contributed by atoms with van der Waals surface area (Å²) in [7, 11) is 0. The van der Waals surface area contributed by atoms with Crippen molar-refractivity contribution in [1.82, 2.24) is 0 Å². The van der Waals surface area contributed by atoms with Crippen LogP contribution in [0.2, 0.25) is 0 Å². The van der Waals surface area contributed by atoms with Crippen LogP contribution >= 0.6 is 11.8 Å². The molecule has 0 saturated heterocycles. The molecule has 0 amide bonds. The summed E-state index contributed by atoms with van der Waals surface area (Å²) in [6.07, 6.45) is 0. The maximum absolute atomic E-state index is 11.8. The third kappa shape index (κ3) is 2.93. The lowest BCUT2D eigenvalue weighted by molar-refractivity contribution is -0.138. The molecule has 1 aromatic heterocycles. The molecule has 2 heterocycles.